The Morgan fingerprint density at radius 1 is 0.664 bits per heavy atom. The van der Waals surface area contributed by atoms with Crippen molar-refractivity contribution in [1.29, 1.82) is 0 Å². The molecule has 29 nitrogen and oxygen atoms in total. The average molecular weight is 1520 g/mol. The van der Waals surface area contributed by atoms with Crippen LogP contribution in [0, 0.1) is 41.4 Å². The fraction of sp³-hybridized carbons (Fsp3) is 0.487. The van der Waals surface area contributed by atoms with E-state index in [0.29, 0.717) is 11.8 Å². The Bertz CT molecular complexity index is 4330. The van der Waals surface area contributed by atoms with Crippen molar-refractivity contribution in [3.8, 4) is 57.1 Å². The van der Waals surface area contributed by atoms with Crippen molar-refractivity contribution in [2.24, 2.45) is 47.2 Å². The van der Waals surface area contributed by atoms with Crippen molar-refractivity contribution in [2.45, 2.75) is 183 Å². The summed E-state index contributed by atoms with van der Waals surface area (Å²) in [5.41, 5.74) is 3.16. The number of fused-ring (bicyclic) bond motifs is 15. The number of alkyl carbamates (subject to hydrolysis) is 1. The standard InChI is InChI=1S/C76H86Cl2N6O23/c1-30(2)12-47(80-75(102)107-76(3,4)5)72(100)83-62-50(89)21-39(24-58(79)92)70(98)81-60-38-22-55(103-53-10-7-34(64(62)93)19-45(53)77)69(106-74-68(97)67(96)66(95)57(29-85)105-74)56(23-38)104-54-11-8-35(20-46(54)78)65(94)63-73(101)82-61(52(91)27-41-36-14-31-13-32(16-36)17-37(41)15-31)44-25-40(86)26-49(88)59(44)43-18-33(6-9-48(43)87)42(28-51(60)90)71(99)84-63/h6-11,18-20,22-23,25-26,30-32,36-37,39,41-42,47,57,60-68,74,85-88,93-97H,12-17,21,24,27-29H2,1-5H3,(H2,79,92)(H,80,102)(H,81,98)(H,82,101)(H,83,100)(H,84,99)/t31?,32?,36?,37?,39-,41?,42+,47+,57?,60+,61-,62-,63-,64+,65+,66?,67?,68?,74?/m0/s1. The van der Waals surface area contributed by atoms with Crippen LogP contribution in [0.25, 0.3) is 11.1 Å². The van der Waals surface area contributed by atoms with Gasteiger partial charge in [-0.2, -0.15) is 0 Å². The molecule has 1 saturated heterocycles. The van der Waals surface area contributed by atoms with Crippen LogP contribution in [0.3, 0.4) is 0 Å². The molecule has 0 aromatic heterocycles. The number of aliphatic hydroxyl groups is 6. The molecule has 15 bridgehead atoms. The monoisotopic (exact) mass is 1520 g/mol. The molecule has 0 radical (unpaired) electrons. The minimum Gasteiger partial charge on any atom is -0.508 e. The minimum absolute atomic E-state index is 0.0441. The van der Waals surface area contributed by atoms with Gasteiger partial charge in [0.15, 0.2) is 28.8 Å². The number of nitrogens with two attached hydrogens (primary N) is 1. The zero-order valence-corrected chi connectivity index (χ0v) is 60.4. The molecule has 5 aromatic rings. The van der Waals surface area contributed by atoms with E-state index in [1.807, 2.05) is 0 Å². The number of Topliss-reactive ketones (excluding diaryl/α,β-unsaturated/α-hetero) is 3. The van der Waals surface area contributed by atoms with Crippen LogP contribution in [0.4, 0.5) is 4.79 Å². The number of aliphatic hydroxyl groups excluding tert-OH is 6. The van der Waals surface area contributed by atoms with Crippen LogP contribution < -0.4 is 46.5 Å². The van der Waals surface area contributed by atoms with Crippen molar-refractivity contribution in [3.05, 3.63) is 117 Å². The third kappa shape index (κ3) is 16.6. The van der Waals surface area contributed by atoms with Gasteiger partial charge >= 0.3 is 6.09 Å². The first-order valence-electron chi connectivity index (χ1n) is 35.5. The zero-order valence-electron chi connectivity index (χ0n) is 58.9. The summed E-state index contributed by atoms with van der Waals surface area (Å²) in [6, 6.07) is 5.39. The second-order valence-electron chi connectivity index (χ2n) is 30.6. The Hall–Kier alpha value is -9.17. The van der Waals surface area contributed by atoms with Gasteiger partial charge in [-0.1, -0.05) is 55.2 Å². The number of hydrogen-bond donors (Lipinski definition) is 15. The minimum atomic E-state index is -2.18. The molecule has 0 spiro atoms. The lowest BCUT2D eigenvalue weighted by molar-refractivity contribution is -0.277. The van der Waals surface area contributed by atoms with Crippen LogP contribution in [-0.2, 0) is 47.8 Å². The predicted molar refractivity (Wildman–Crippen MR) is 378 cm³/mol. The molecule has 4 aliphatic carbocycles. The lowest BCUT2D eigenvalue weighted by Gasteiger charge is -2.54. The van der Waals surface area contributed by atoms with Gasteiger partial charge in [-0.05, 0) is 177 Å². The molecule has 107 heavy (non-hydrogen) atoms. The molecule has 5 fully saturated rings. The lowest BCUT2D eigenvalue weighted by atomic mass is 9.51. The second kappa shape index (κ2) is 31.2. The third-order valence-corrected chi connectivity index (χ3v) is 21.9. The van der Waals surface area contributed by atoms with Gasteiger partial charge in [0.25, 0.3) is 0 Å². The molecule has 5 aromatic carbocycles. The molecule has 4 saturated carbocycles. The Morgan fingerprint density at radius 3 is 1.87 bits per heavy atom. The molecule has 6 heterocycles. The van der Waals surface area contributed by atoms with Crippen LogP contribution in [0.2, 0.25) is 10.0 Å². The summed E-state index contributed by atoms with van der Waals surface area (Å²) in [6.45, 7) is 7.30. The van der Waals surface area contributed by atoms with Crippen LogP contribution in [-0.4, -0.2) is 160 Å². The summed E-state index contributed by atoms with van der Waals surface area (Å²) >= 11 is 14.2. The number of phenols is 3. The first-order valence-corrected chi connectivity index (χ1v) is 36.3. The number of phenolic OH excluding ortho intramolecular Hbond substituents is 3. The summed E-state index contributed by atoms with van der Waals surface area (Å²) in [6.07, 6.45) is -13.4. The van der Waals surface area contributed by atoms with Gasteiger partial charge in [0, 0.05) is 42.9 Å². The number of carbonyl (C=O) groups excluding carboxylic acids is 9. The first kappa shape index (κ1) is 77.4. The molecule has 14 atom stereocenters. The fourth-order valence-electron chi connectivity index (χ4n) is 16.4. The molecule has 6 aliphatic heterocycles. The smallest absolute Gasteiger partial charge is 0.408 e. The number of amides is 6. The van der Waals surface area contributed by atoms with Crippen molar-refractivity contribution < 1.29 is 113 Å². The van der Waals surface area contributed by atoms with Crippen molar-refractivity contribution in [2.75, 3.05) is 6.61 Å². The Kier molecular flexibility index (Phi) is 22.6. The molecule has 572 valence electrons. The highest BCUT2D eigenvalue weighted by Gasteiger charge is 2.51. The summed E-state index contributed by atoms with van der Waals surface area (Å²) in [5.74, 6) is -15.8. The van der Waals surface area contributed by atoms with Crippen LogP contribution >= 0.6 is 23.2 Å². The molecular formula is C76H86Cl2N6O23. The maximum Gasteiger partial charge on any atom is 0.408 e. The molecule has 15 rings (SSSR count). The van der Waals surface area contributed by atoms with Gasteiger partial charge in [0.1, 0.15) is 101 Å². The number of halogens is 2. The quantitative estimate of drug-likeness (QED) is 0.0633. The number of carbonyl (C=O) groups is 9. The number of ether oxygens (including phenoxy) is 5. The fourth-order valence-corrected chi connectivity index (χ4v) is 16.8. The topological polar surface area (TPSA) is 468 Å². The van der Waals surface area contributed by atoms with E-state index in [4.69, 9.17) is 52.6 Å². The number of nitrogens with one attached hydrogen (secondary N) is 5. The maximum atomic E-state index is 16.3. The Balaban J connectivity index is 1.04. The first-order chi connectivity index (χ1) is 50.6. The van der Waals surface area contributed by atoms with E-state index in [-0.39, 0.29) is 97.0 Å². The summed E-state index contributed by atoms with van der Waals surface area (Å²) < 4.78 is 30.8. The summed E-state index contributed by atoms with van der Waals surface area (Å²) in [4.78, 5) is 135. The average Bonchev–Trinajstić information content (AvgIpc) is 0.756. The van der Waals surface area contributed by atoms with E-state index in [0.717, 1.165) is 74.6 Å². The van der Waals surface area contributed by atoms with Crippen molar-refractivity contribution >= 4 is 76.2 Å². The lowest BCUT2D eigenvalue weighted by Crippen LogP contribution is -2.60. The number of ketones is 3. The predicted octanol–water partition coefficient (Wildman–Crippen LogP) is 6.10. The largest absolute Gasteiger partial charge is 0.508 e. The SMILES string of the molecule is CC(C)C[C@@H](NC(=O)OC(C)(C)C)C(=O)N[C@H]1C(=O)C[C@@H](CC(N)=O)C(=O)N[C@H]2C(=O)C[C@H]3C(=O)N[C@H](C(=O)N[C@H](C(=O)CC4C5CC6CC(C5)CC4C6)c4cc(O)cc(O)c4-c4cc3ccc4O)[C@H](O)c3ccc(c(Cl)c3)Oc3cc2cc(c3OC2OC(CO)C(O)C(O)C2O)Oc2ccc(cc2Cl)[C@H]1O. The maximum absolute atomic E-state index is 16.3. The molecular weight excluding hydrogens is 1440 g/mol. The highest BCUT2D eigenvalue weighted by atomic mass is 35.5. The molecule has 5 unspecified atom stereocenters. The van der Waals surface area contributed by atoms with Gasteiger partial charge in [0.05, 0.1) is 28.5 Å². The Morgan fingerprint density at radius 2 is 1.28 bits per heavy atom. The van der Waals surface area contributed by atoms with Gasteiger partial charge < -0.3 is 102 Å². The normalized spacial score (nSPS) is 29.5. The van der Waals surface area contributed by atoms with Crippen LogP contribution in [0.15, 0.2) is 78.9 Å². The second-order valence-corrected chi connectivity index (χ2v) is 31.4. The molecule has 10 aliphatic rings. The van der Waals surface area contributed by atoms with Crippen LogP contribution in [0.1, 0.15) is 157 Å². The van der Waals surface area contributed by atoms with E-state index >= 15 is 28.8 Å². The molecule has 16 N–H and O–H groups in total. The number of aromatic hydroxyl groups is 3. The number of rotatable bonds is 13. The van der Waals surface area contributed by atoms with E-state index < -0.39 is 204 Å². The van der Waals surface area contributed by atoms with E-state index in [1.165, 1.54) is 36.4 Å². The highest BCUT2D eigenvalue weighted by molar-refractivity contribution is 6.32. The van der Waals surface area contributed by atoms with Crippen molar-refractivity contribution in [3.63, 3.8) is 0 Å². The molecule has 31 heteroatoms. The zero-order chi connectivity index (χ0) is 77.1. The molecule has 6 amide bonds. The van der Waals surface area contributed by atoms with Crippen molar-refractivity contribution in [1.82, 2.24) is 26.6 Å². The van der Waals surface area contributed by atoms with Gasteiger partial charge in [-0.25, -0.2) is 4.79 Å². The number of benzene rings is 5. The van der Waals surface area contributed by atoms with E-state index in [2.05, 4.69) is 26.6 Å². The van der Waals surface area contributed by atoms with Gasteiger partial charge in [-0.3, -0.25) is 38.4 Å². The third-order valence-electron chi connectivity index (χ3n) is 21.3. The van der Waals surface area contributed by atoms with Gasteiger partial charge in [-0.15, -0.1) is 0 Å². The number of primary amides is 1. The summed E-state index contributed by atoms with van der Waals surface area (Å²) in [5, 5.41) is 117. The summed E-state index contributed by atoms with van der Waals surface area (Å²) in [7, 11) is 0. The van der Waals surface area contributed by atoms with Gasteiger partial charge in [0.2, 0.25) is 41.6 Å². The Labute approximate surface area is 623 Å². The van der Waals surface area contributed by atoms with E-state index in [9.17, 15) is 60.3 Å². The highest BCUT2D eigenvalue weighted by Crippen LogP contribution is 2.58. The van der Waals surface area contributed by atoms with Crippen LogP contribution in [0.5, 0.6) is 46.0 Å². The van der Waals surface area contributed by atoms with E-state index in [1.54, 1.807) is 34.6 Å². The number of hydrogen-bond acceptors (Lipinski definition) is 23.